The summed E-state index contributed by atoms with van der Waals surface area (Å²) >= 11 is 0. The van der Waals surface area contributed by atoms with Crippen molar-refractivity contribution in [3.63, 3.8) is 0 Å². The van der Waals surface area contributed by atoms with Crippen LogP contribution in [0.15, 0.2) is 24.5 Å². The van der Waals surface area contributed by atoms with Gasteiger partial charge in [-0.1, -0.05) is 6.07 Å². The first-order valence-electron chi connectivity index (χ1n) is 5.51. The van der Waals surface area contributed by atoms with Gasteiger partial charge in [0.05, 0.1) is 12.2 Å². The van der Waals surface area contributed by atoms with E-state index < -0.39 is 0 Å². The Morgan fingerprint density at radius 3 is 2.73 bits per heavy atom. The van der Waals surface area contributed by atoms with Crippen LogP contribution in [0.3, 0.4) is 0 Å². The van der Waals surface area contributed by atoms with Gasteiger partial charge in [0.25, 0.3) is 0 Å². The number of nitrogens with zero attached hydrogens (tertiary/aromatic N) is 2. The molecule has 3 heteroatoms. The largest absolute Gasteiger partial charge is 0.373 e. The summed E-state index contributed by atoms with van der Waals surface area (Å²) < 4.78 is 5.70. The van der Waals surface area contributed by atoms with Gasteiger partial charge >= 0.3 is 0 Å². The molecule has 2 atom stereocenters. The predicted molar refractivity (Wildman–Crippen MR) is 59.5 cm³/mol. The third-order valence-corrected chi connectivity index (χ3v) is 2.62. The molecule has 2 rings (SSSR count). The molecule has 2 heterocycles. The van der Waals surface area contributed by atoms with Gasteiger partial charge in [-0.25, -0.2) is 0 Å². The lowest BCUT2D eigenvalue weighted by molar-refractivity contribution is -0.0705. The molecule has 1 aromatic heterocycles. The Bertz CT molecular complexity index is 292. The van der Waals surface area contributed by atoms with Gasteiger partial charge in [0, 0.05) is 32.0 Å². The number of hydrogen-bond acceptors (Lipinski definition) is 3. The topological polar surface area (TPSA) is 25.4 Å². The molecule has 3 nitrogen and oxygen atoms in total. The van der Waals surface area contributed by atoms with E-state index in [1.54, 1.807) is 0 Å². The van der Waals surface area contributed by atoms with E-state index in [0.29, 0.717) is 12.2 Å². The molecular formula is C12H18N2O. The third kappa shape index (κ3) is 3.01. The average molecular weight is 206 g/mol. The first-order valence-corrected chi connectivity index (χ1v) is 5.51. The molecule has 0 radical (unpaired) electrons. The smallest absolute Gasteiger partial charge is 0.0678 e. The Kier molecular flexibility index (Phi) is 3.34. The highest BCUT2D eigenvalue weighted by molar-refractivity contribution is 5.08. The maximum absolute atomic E-state index is 5.70. The SMILES string of the molecule is C[C@H]1CN(Cc2cccnc2)C[C@H](C)O1. The molecule has 0 N–H and O–H groups in total. The monoisotopic (exact) mass is 206 g/mol. The maximum atomic E-state index is 5.70. The van der Waals surface area contributed by atoms with E-state index in [-0.39, 0.29) is 0 Å². The number of pyridine rings is 1. The van der Waals surface area contributed by atoms with Gasteiger partial charge < -0.3 is 4.74 Å². The second-order valence-electron chi connectivity index (χ2n) is 4.31. The van der Waals surface area contributed by atoms with Gasteiger partial charge in [-0.05, 0) is 25.5 Å². The lowest BCUT2D eigenvalue weighted by Gasteiger charge is -2.35. The molecule has 15 heavy (non-hydrogen) atoms. The van der Waals surface area contributed by atoms with Crippen molar-refractivity contribution in [2.75, 3.05) is 13.1 Å². The molecule has 0 bridgehead atoms. The molecule has 1 aliphatic heterocycles. The van der Waals surface area contributed by atoms with E-state index in [1.807, 2.05) is 18.5 Å². The summed E-state index contributed by atoms with van der Waals surface area (Å²) in [5.74, 6) is 0. The highest BCUT2D eigenvalue weighted by Crippen LogP contribution is 2.13. The third-order valence-electron chi connectivity index (χ3n) is 2.62. The summed E-state index contributed by atoms with van der Waals surface area (Å²) in [6, 6.07) is 4.11. The normalized spacial score (nSPS) is 27.9. The van der Waals surface area contributed by atoms with Crippen molar-refractivity contribution in [3.05, 3.63) is 30.1 Å². The van der Waals surface area contributed by atoms with Crippen LogP contribution in [-0.4, -0.2) is 35.2 Å². The van der Waals surface area contributed by atoms with Gasteiger partial charge in [-0.3, -0.25) is 9.88 Å². The second kappa shape index (κ2) is 4.73. The molecule has 0 amide bonds. The van der Waals surface area contributed by atoms with Crippen molar-refractivity contribution in [2.24, 2.45) is 0 Å². The van der Waals surface area contributed by atoms with Crippen molar-refractivity contribution in [2.45, 2.75) is 32.6 Å². The van der Waals surface area contributed by atoms with Crippen LogP contribution in [0.5, 0.6) is 0 Å². The predicted octanol–water partition coefficient (Wildman–Crippen LogP) is 1.69. The fourth-order valence-corrected chi connectivity index (χ4v) is 2.16. The van der Waals surface area contributed by atoms with Crippen molar-refractivity contribution < 1.29 is 4.74 Å². The zero-order valence-electron chi connectivity index (χ0n) is 9.39. The zero-order valence-corrected chi connectivity index (χ0v) is 9.39. The fourth-order valence-electron chi connectivity index (χ4n) is 2.16. The summed E-state index contributed by atoms with van der Waals surface area (Å²) in [6.07, 6.45) is 4.43. The van der Waals surface area contributed by atoms with Gasteiger partial charge in [0.15, 0.2) is 0 Å². The van der Waals surface area contributed by atoms with Gasteiger partial charge in [-0.15, -0.1) is 0 Å². The number of hydrogen-bond donors (Lipinski definition) is 0. The van der Waals surface area contributed by atoms with Crippen LogP contribution in [0.4, 0.5) is 0 Å². The number of rotatable bonds is 2. The Morgan fingerprint density at radius 1 is 1.40 bits per heavy atom. The molecule has 0 spiro atoms. The highest BCUT2D eigenvalue weighted by Gasteiger charge is 2.21. The van der Waals surface area contributed by atoms with Crippen molar-refractivity contribution >= 4 is 0 Å². The van der Waals surface area contributed by atoms with Gasteiger partial charge in [0.1, 0.15) is 0 Å². The number of morpholine rings is 1. The molecule has 1 saturated heterocycles. The lowest BCUT2D eigenvalue weighted by atomic mass is 10.2. The Labute approximate surface area is 91.1 Å². The first kappa shape index (κ1) is 10.6. The van der Waals surface area contributed by atoms with E-state index in [9.17, 15) is 0 Å². The minimum Gasteiger partial charge on any atom is -0.373 e. The van der Waals surface area contributed by atoms with Crippen LogP contribution in [0, 0.1) is 0 Å². The number of ether oxygens (including phenoxy) is 1. The first-order chi connectivity index (χ1) is 7.24. The summed E-state index contributed by atoms with van der Waals surface area (Å²) in [6.45, 7) is 7.27. The van der Waals surface area contributed by atoms with E-state index >= 15 is 0 Å². The van der Waals surface area contributed by atoms with Gasteiger partial charge in [0.2, 0.25) is 0 Å². The summed E-state index contributed by atoms with van der Waals surface area (Å²) in [5, 5.41) is 0. The van der Waals surface area contributed by atoms with Crippen LogP contribution in [-0.2, 0) is 11.3 Å². The van der Waals surface area contributed by atoms with Crippen LogP contribution in [0.25, 0.3) is 0 Å². The summed E-state index contributed by atoms with van der Waals surface area (Å²) in [7, 11) is 0. The fraction of sp³-hybridized carbons (Fsp3) is 0.583. The van der Waals surface area contributed by atoms with Crippen molar-refractivity contribution in [3.8, 4) is 0 Å². The standard InChI is InChI=1S/C12H18N2O/c1-10-7-14(8-11(2)15-10)9-12-4-3-5-13-6-12/h3-6,10-11H,7-9H2,1-2H3/t10-,11-/m0/s1. The van der Waals surface area contributed by atoms with Crippen molar-refractivity contribution in [1.29, 1.82) is 0 Å². The second-order valence-corrected chi connectivity index (χ2v) is 4.31. The minimum atomic E-state index is 0.338. The minimum absolute atomic E-state index is 0.338. The molecule has 1 aliphatic rings. The van der Waals surface area contributed by atoms with E-state index in [2.05, 4.69) is 29.8 Å². The Hall–Kier alpha value is -0.930. The van der Waals surface area contributed by atoms with Gasteiger partial charge in [-0.2, -0.15) is 0 Å². The van der Waals surface area contributed by atoms with Crippen molar-refractivity contribution in [1.82, 2.24) is 9.88 Å². The quantitative estimate of drug-likeness (QED) is 0.736. The molecule has 0 aliphatic carbocycles. The number of aromatic nitrogens is 1. The average Bonchev–Trinajstić information content (AvgIpc) is 2.17. The molecule has 82 valence electrons. The Morgan fingerprint density at radius 2 is 2.13 bits per heavy atom. The molecule has 0 aromatic carbocycles. The van der Waals surface area contributed by atoms with E-state index in [0.717, 1.165) is 19.6 Å². The molecule has 1 aromatic rings. The van der Waals surface area contributed by atoms with E-state index in [4.69, 9.17) is 4.74 Å². The maximum Gasteiger partial charge on any atom is 0.0678 e. The summed E-state index contributed by atoms with van der Waals surface area (Å²) in [4.78, 5) is 6.56. The summed E-state index contributed by atoms with van der Waals surface area (Å²) in [5.41, 5.74) is 1.28. The van der Waals surface area contributed by atoms with Crippen LogP contribution in [0.2, 0.25) is 0 Å². The molecular weight excluding hydrogens is 188 g/mol. The Balaban J connectivity index is 1.94. The van der Waals surface area contributed by atoms with E-state index in [1.165, 1.54) is 5.56 Å². The van der Waals surface area contributed by atoms with Crippen LogP contribution < -0.4 is 0 Å². The molecule has 1 fully saturated rings. The highest BCUT2D eigenvalue weighted by atomic mass is 16.5. The zero-order chi connectivity index (χ0) is 10.7. The lowest BCUT2D eigenvalue weighted by Crippen LogP contribution is -2.44. The van der Waals surface area contributed by atoms with Crippen LogP contribution in [0.1, 0.15) is 19.4 Å². The molecule has 0 unspecified atom stereocenters. The molecule has 0 saturated carbocycles. The van der Waals surface area contributed by atoms with Crippen LogP contribution >= 0.6 is 0 Å².